The predicted octanol–water partition coefficient (Wildman–Crippen LogP) is 12.1. The molecule has 0 saturated carbocycles. The number of ether oxygens (including phenoxy) is 6. The van der Waals surface area contributed by atoms with Gasteiger partial charge in [0, 0.05) is 19.8 Å². The number of unbranched alkanes of at least 4 members (excludes halogenated alkanes) is 48. The second kappa shape index (κ2) is 61.1. The van der Waals surface area contributed by atoms with Crippen molar-refractivity contribution >= 4 is 17.8 Å². The van der Waals surface area contributed by atoms with Crippen LogP contribution < -0.4 is 10.6 Å². The summed E-state index contributed by atoms with van der Waals surface area (Å²) in [5.74, 6) is -6.13. The molecule has 3 rings (SSSR count). The number of carbonyl (C=O) groups excluding carboxylic acids is 2. The minimum atomic E-state index is -3.08. The van der Waals surface area contributed by atoms with E-state index in [9.17, 15) is 75.7 Å². The van der Waals surface area contributed by atoms with Gasteiger partial charge in [-0.3, -0.25) is 9.59 Å². The summed E-state index contributed by atoms with van der Waals surface area (Å²) in [6.45, 7) is 2.21. The van der Waals surface area contributed by atoms with E-state index in [2.05, 4.69) is 24.5 Å². The van der Waals surface area contributed by atoms with Crippen molar-refractivity contribution in [1.82, 2.24) is 10.6 Å². The number of aliphatic hydroxyl groups is 11. The van der Waals surface area contributed by atoms with Crippen LogP contribution >= 0.6 is 0 Å². The molecule has 3 saturated heterocycles. The number of aliphatic carboxylic acids is 1. The Morgan fingerprint density at radius 2 is 0.886 bits per heavy atom. The van der Waals surface area contributed by atoms with Gasteiger partial charge in [-0.15, -0.1) is 0 Å². The molecule has 105 heavy (non-hydrogen) atoms. The average molecular weight is 1500 g/mol. The van der Waals surface area contributed by atoms with Gasteiger partial charge in [-0.25, -0.2) is 4.79 Å². The first-order valence-corrected chi connectivity index (χ1v) is 42.6. The van der Waals surface area contributed by atoms with Crippen molar-refractivity contribution in [1.29, 1.82) is 0 Å². The molecule has 3 aliphatic heterocycles. The maximum Gasteiger partial charge on any atom is 0.364 e. The van der Waals surface area contributed by atoms with Crippen molar-refractivity contribution in [2.45, 2.75) is 464 Å². The fourth-order valence-corrected chi connectivity index (χ4v) is 15.0. The first kappa shape index (κ1) is 96.7. The van der Waals surface area contributed by atoms with Gasteiger partial charge in [-0.1, -0.05) is 328 Å². The van der Waals surface area contributed by atoms with Crippen LogP contribution in [0, 0.1) is 0 Å². The predicted molar refractivity (Wildman–Crippen MR) is 408 cm³/mol. The summed E-state index contributed by atoms with van der Waals surface area (Å²) < 4.78 is 35.0. The molecule has 14 N–H and O–H groups in total. The molecule has 618 valence electrons. The number of allylic oxidation sites excluding steroid dienone is 1. The van der Waals surface area contributed by atoms with Gasteiger partial charge in [0.25, 0.3) is 5.79 Å². The van der Waals surface area contributed by atoms with E-state index in [1.54, 1.807) is 6.08 Å². The van der Waals surface area contributed by atoms with Gasteiger partial charge in [-0.05, 0) is 19.3 Å². The quantitative estimate of drug-likeness (QED) is 0.0199. The highest BCUT2D eigenvalue weighted by atomic mass is 16.8. The summed E-state index contributed by atoms with van der Waals surface area (Å²) >= 11 is 0. The standard InChI is InChI=1S/C82H154N2O21/c1-4-6-8-10-12-14-16-18-20-22-24-26-28-30-31-32-34-36-38-40-42-44-46-48-50-52-54-56-69(92)84-63(64(89)55-53-51-49-47-45-43-41-39-37-35-33-29-27-25-23-21-19-17-15-13-11-9-7-5-2)61-100-79-74(96)73(95)76(68(60-87)102-79)103-80-75(97)78(72(94)67(59-86)101-80)105-82(81(98)99)57-65(90)70(83-62(3)88)77(104-82)71(93)66(91)58-85/h53,55,63-68,70-80,85-87,89-91,93-97H,4-52,54,56-61H2,1-3H3,(H,83,88)(H,84,92)(H,98,99)/b55-53+. The van der Waals surface area contributed by atoms with E-state index >= 15 is 0 Å². The molecule has 0 spiro atoms. The molecule has 23 nitrogen and oxygen atoms in total. The van der Waals surface area contributed by atoms with Crippen molar-refractivity contribution in [2.75, 3.05) is 26.4 Å². The second-order valence-corrected chi connectivity index (χ2v) is 31.1. The van der Waals surface area contributed by atoms with Crippen molar-refractivity contribution < 1.29 is 104 Å². The lowest BCUT2D eigenvalue weighted by atomic mass is 9.88. The van der Waals surface area contributed by atoms with Crippen molar-refractivity contribution in [3.63, 3.8) is 0 Å². The van der Waals surface area contributed by atoms with Gasteiger partial charge in [-0.2, -0.15) is 0 Å². The lowest BCUT2D eigenvalue weighted by molar-refractivity contribution is -0.386. The number of rotatable bonds is 68. The van der Waals surface area contributed by atoms with Gasteiger partial charge >= 0.3 is 5.97 Å². The molecule has 0 aromatic rings. The fourth-order valence-electron chi connectivity index (χ4n) is 15.0. The fraction of sp³-hybridized carbons (Fsp3) is 0.939. The number of nitrogens with one attached hydrogen (secondary N) is 2. The van der Waals surface area contributed by atoms with Crippen LogP contribution in [0.3, 0.4) is 0 Å². The van der Waals surface area contributed by atoms with Gasteiger partial charge < -0.3 is 100 Å². The van der Waals surface area contributed by atoms with E-state index in [4.69, 9.17) is 28.4 Å². The molecular formula is C82H154N2O21. The van der Waals surface area contributed by atoms with Crippen LogP contribution in [0.15, 0.2) is 12.2 Å². The number of hydrogen-bond acceptors (Lipinski definition) is 20. The highest BCUT2D eigenvalue weighted by Gasteiger charge is 2.60. The largest absolute Gasteiger partial charge is 0.477 e. The molecular weight excluding hydrogens is 1350 g/mol. The van der Waals surface area contributed by atoms with Gasteiger partial charge in [0.05, 0.1) is 50.7 Å². The molecule has 2 amide bonds. The number of amides is 2. The Hall–Kier alpha value is -2.53. The molecule has 0 radical (unpaired) electrons. The van der Waals surface area contributed by atoms with Crippen LogP contribution in [0.2, 0.25) is 0 Å². The number of carboxylic acids is 1. The highest BCUT2D eigenvalue weighted by molar-refractivity contribution is 5.77. The Kier molecular flexibility index (Phi) is 56.3. The molecule has 3 heterocycles. The third kappa shape index (κ3) is 41.0. The van der Waals surface area contributed by atoms with Crippen LogP contribution in [0.4, 0.5) is 0 Å². The minimum Gasteiger partial charge on any atom is -0.477 e. The second-order valence-electron chi connectivity index (χ2n) is 31.1. The number of hydrogen-bond donors (Lipinski definition) is 14. The van der Waals surface area contributed by atoms with Crippen LogP contribution in [0.5, 0.6) is 0 Å². The van der Waals surface area contributed by atoms with Crippen LogP contribution in [-0.2, 0) is 42.8 Å². The van der Waals surface area contributed by atoms with Gasteiger partial charge in [0.1, 0.15) is 67.1 Å². The first-order valence-electron chi connectivity index (χ1n) is 42.6. The van der Waals surface area contributed by atoms with E-state index in [-0.39, 0.29) is 12.3 Å². The van der Waals surface area contributed by atoms with Gasteiger partial charge in [0.15, 0.2) is 12.6 Å². The first-order chi connectivity index (χ1) is 50.9. The van der Waals surface area contributed by atoms with Crippen LogP contribution in [0.1, 0.15) is 355 Å². The maximum absolute atomic E-state index is 13.6. The molecule has 0 aromatic carbocycles. The summed E-state index contributed by atoms with van der Waals surface area (Å²) in [5, 5.41) is 137. The molecule has 18 unspecified atom stereocenters. The van der Waals surface area contributed by atoms with Crippen molar-refractivity contribution in [2.24, 2.45) is 0 Å². The molecule has 18 atom stereocenters. The Labute approximate surface area is 632 Å². The Morgan fingerprint density at radius 3 is 1.27 bits per heavy atom. The number of carboxylic acid groups (broad SMARTS) is 1. The summed E-state index contributed by atoms with van der Waals surface area (Å²) in [5.41, 5.74) is 0. The summed E-state index contributed by atoms with van der Waals surface area (Å²) in [7, 11) is 0. The topological polar surface area (TPSA) is 373 Å². The number of aliphatic hydroxyl groups excluding tert-OH is 11. The number of carbonyl (C=O) groups is 3. The van der Waals surface area contributed by atoms with Crippen molar-refractivity contribution in [3.8, 4) is 0 Å². The highest BCUT2D eigenvalue weighted by Crippen LogP contribution is 2.39. The Balaban J connectivity index is 1.50. The minimum absolute atomic E-state index is 0.206. The lowest BCUT2D eigenvalue weighted by Gasteiger charge is -2.50. The Bertz CT molecular complexity index is 2140. The molecule has 0 bridgehead atoms. The smallest absolute Gasteiger partial charge is 0.364 e. The van der Waals surface area contributed by atoms with E-state index < -0.39 is 155 Å². The van der Waals surface area contributed by atoms with Crippen LogP contribution in [0.25, 0.3) is 0 Å². The normalized spacial score (nSPS) is 26.2. The third-order valence-corrected chi connectivity index (χ3v) is 21.7. The molecule has 0 aromatic heterocycles. The van der Waals surface area contributed by atoms with Crippen molar-refractivity contribution in [3.05, 3.63) is 12.2 Å². The van der Waals surface area contributed by atoms with Crippen LogP contribution in [-0.4, -0.2) is 215 Å². The summed E-state index contributed by atoms with van der Waals surface area (Å²) in [6, 6.07) is -2.62. The van der Waals surface area contributed by atoms with Gasteiger partial charge in [0.2, 0.25) is 11.8 Å². The summed E-state index contributed by atoms with van der Waals surface area (Å²) in [6.07, 6.45) is 38.2. The molecule has 0 aliphatic carbocycles. The van der Waals surface area contributed by atoms with E-state index in [1.807, 2.05) is 6.08 Å². The zero-order chi connectivity index (χ0) is 76.7. The average Bonchev–Trinajstić information content (AvgIpc) is 0.755. The monoisotopic (exact) mass is 1500 g/mol. The van der Waals surface area contributed by atoms with E-state index in [0.717, 1.165) is 51.9 Å². The third-order valence-electron chi connectivity index (χ3n) is 21.7. The maximum atomic E-state index is 13.6. The SMILES string of the molecule is CCCCCCCCCCCCCCCCCCCCCCCC/C=C/C(O)C(COC1OC(CO)C(OC2OC(CO)C(O)C(OC3(C(=O)O)CC(O)C(NC(C)=O)C(C(O)C(O)CO)O3)C2O)C(O)C1O)NC(=O)CCCCCCCCCCCCCCCCCCCCCCCCCCCCC. The molecule has 3 fully saturated rings. The zero-order valence-corrected chi connectivity index (χ0v) is 65.6. The lowest BCUT2D eigenvalue weighted by Crippen LogP contribution is -2.70. The Morgan fingerprint density at radius 1 is 0.495 bits per heavy atom. The molecule has 3 aliphatic rings. The van der Waals surface area contributed by atoms with E-state index in [0.29, 0.717) is 12.8 Å². The zero-order valence-electron chi connectivity index (χ0n) is 65.6. The summed E-state index contributed by atoms with van der Waals surface area (Å²) in [4.78, 5) is 38.7. The van der Waals surface area contributed by atoms with E-state index in [1.165, 1.54) is 263 Å². The molecule has 23 heteroatoms.